The largest absolute Gasteiger partial charge is 0.383 e. The Kier molecular flexibility index (Phi) is 7.57. The smallest absolute Gasteiger partial charge is 0.255 e. The van der Waals surface area contributed by atoms with E-state index in [9.17, 15) is 15.3 Å². The molecule has 0 fully saturated rings. The lowest BCUT2D eigenvalue weighted by Crippen LogP contribution is -2.18. The molecule has 2 heterocycles. The zero-order chi connectivity index (χ0) is 24.7. The number of carbonyl (C=O) groups excluding carboxylic acids is 1. The van der Waals surface area contributed by atoms with Crippen LogP contribution in [0.3, 0.4) is 0 Å². The fraction of sp³-hybridized carbons (Fsp3) is 0.269. The van der Waals surface area contributed by atoms with E-state index in [0.717, 1.165) is 16.7 Å². The van der Waals surface area contributed by atoms with Gasteiger partial charge in [-0.05, 0) is 62.2 Å². The van der Waals surface area contributed by atoms with Gasteiger partial charge in [-0.25, -0.2) is 4.98 Å². The lowest BCUT2D eigenvalue weighted by molar-refractivity contribution is 0.102. The number of nitrogens with one attached hydrogen (secondary N) is 2. The molecule has 0 bridgehead atoms. The molecule has 3 aromatic rings. The highest BCUT2D eigenvalue weighted by Gasteiger charge is 2.22. The van der Waals surface area contributed by atoms with Crippen LogP contribution in [0.15, 0.2) is 48.8 Å². The average molecular weight is 455 g/mol. The number of rotatable bonds is 8. The monoisotopic (exact) mass is 454 g/mol. The van der Waals surface area contributed by atoms with Crippen molar-refractivity contribution in [3.05, 3.63) is 71.2 Å². The fourth-order valence-corrected chi connectivity index (χ4v) is 3.29. The van der Waals surface area contributed by atoms with E-state index in [2.05, 4.69) is 32.7 Å². The molecule has 0 aliphatic heterocycles. The van der Waals surface area contributed by atoms with Gasteiger partial charge in [-0.15, -0.1) is 0 Å². The van der Waals surface area contributed by atoms with E-state index in [4.69, 9.17) is 4.74 Å². The summed E-state index contributed by atoms with van der Waals surface area (Å²) in [5, 5.41) is 24.9. The Morgan fingerprint density at radius 3 is 2.65 bits per heavy atom. The van der Waals surface area contributed by atoms with Crippen LogP contribution in [0.5, 0.6) is 0 Å². The molecular weight excluding hydrogens is 428 g/mol. The third kappa shape index (κ3) is 5.55. The normalized spacial score (nSPS) is 10.8. The number of anilines is 2. The van der Waals surface area contributed by atoms with Gasteiger partial charge in [0.25, 0.3) is 5.91 Å². The maximum Gasteiger partial charge on any atom is 0.255 e. The number of hydrogen-bond donors (Lipinski definition) is 2. The first kappa shape index (κ1) is 24.4. The fourth-order valence-electron chi connectivity index (χ4n) is 3.29. The van der Waals surface area contributed by atoms with Gasteiger partial charge < -0.3 is 15.4 Å². The molecule has 0 aliphatic carbocycles. The van der Waals surface area contributed by atoms with Crippen LogP contribution in [0.4, 0.5) is 11.5 Å². The topological polar surface area (TPSA) is 124 Å². The first-order valence-electron chi connectivity index (χ1n) is 10.7. The van der Waals surface area contributed by atoms with Crippen LogP contribution in [-0.2, 0) is 10.2 Å². The summed E-state index contributed by atoms with van der Waals surface area (Å²) >= 11 is 0. The molecule has 0 unspecified atom stereocenters. The van der Waals surface area contributed by atoms with Gasteiger partial charge in [-0.3, -0.25) is 9.78 Å². The molecule has 0 spiro atoms. The van der Waals surface area contributed by atoms with E-state index < -0.39 is 5.41 Å². The van der Waals surface area contributed by atoms with Crippen molar-refractivity contribution >= 4 is 17.4 Å². The van der Waals surface area contributed by atoms with Crippen molar-refractivity contribution in [2.75, 3.05) is 30.9 Å². The molecule has 1 amide bonds. The van der Waals surface area contributed by atoms with Crippen molar-refractivity contribution in [3.63, 3.8) is 0 Å². The zero-order valence-corrected chi connectivity index (χ0v) is 19.6. The highest BCUT2D eigenvalue weighted by atomic mass is 16.5. The highest BCUT2D eigenvalue weighted by molar-refractivity contribution is 6.04. The summed E-state index contributed by atoms with van der Waals surface area (Å²) in [7, 11) is 1.61. The predicted molar refractivity (Wildman–Crippen MR) is 130 cm³/mol. The van der Waals surface area contributed by atoms with Crippen molar-refractivity contribution in [2.24, 2.45) is 0 Å². The van der Waals surface area contributed by atoms with Crippen LogP contribution in [0.25, 0.3) is 11.1 Å². The Hall–Kier alpha value is -4.27. The average Bonchev–Trinajstić information content (AvgIpc) is 2.85. The lowest BCUT2D eigenvalue weighted by atomic mass is 9.90. The third-order valence-corrected chi connectivity index (χ3v) is 5.36. The van der Waals surface area contributed by atoms with Crippen LogP contribution in [0, 0.1) is 29.6 Å². The number of carbonyl (C=O) groups is 1. The number of benzene rings is 1. The summed E-state index contributed by atoms with van der Waals surface area (Å²) in [5.74, 6) is 0.194. The first-order valence-corrected chi connectivity index (χ1v) is 10.7. The van der Waals surface area contributed by atoms with E-state index in [1.54, 1.807) is 45.4 Å². The number of nitrogens with zero attached hydrogens (tertiary/aromatic N) is 4. The minimum absolute atomic E-state index is 0.305. The molecule has 2 aromatic heterocycles. The quantitative estimate of drug-likeness (QED) is 0.482. The Labute approximate surface area is 199 Å². The van der Waals surface area contributed by atoms with Gasteiger partial charge in [0, 0.05) is 42.9 Å². The molecule has 1 aromatic carbocycles. The highest BCUT2D eigenvalue weighted by Crippen LogP contribution is 2.29. The summed E-state index contributed by atoms with van der Waals surface area (Å²) in [6, 6.07) is 15.0. The number of methoxy groups -OCH3 is 1. The van der Waals surface area contributed by atoms with Gasteiger partial charge >= 0.3 is 0 Å². The lowest BCUT2D eigenvalue weighted by Gasteiger charge is -2.15. The molecule has 0 aliphatic rings. The number of aryl methyl sites for hydroxylation is 1. The number of hydrogen-bond acceptors (Lipinski definition) is 7. The SMILES string of the molecule is COCCNc1ncc(-c2cc(NC(=O)c3ccnc(C(C)(C)C#N)c3)ccc2C)cc1C#N. The minimum Gasteiger partial charge on any atom is -0.383 e. The second-order valence-corrected chi connectivity index (χ2v) is 8.30. The first-order chi connectivity index (χ1) is 16.3. The summed E-state index contributed by atoms with van der Waals surface area (Å²) in [5.41, 5.74) is 3.76. The number of amides is 1. The van der Waals surface area contributed by atoms with E-state index in [-0.39, 0.29) is 5.91 Å². The van der Waals surface area contributed by atoms with Gasteiger partial charge in [-0.2, -0.15) is 10.5 Å². The van der Waals surface area contributed by atoms with Crippen molar-refractivity contribution in [1.29, 1.82) is 10.5 Å². The maximum atomic E-state index is 12.9. The van der Waals surface area contributed by atoms with Crippen molar-refractivity contribution in [1.82, 2.24) is 9.97 Å². The maximum absolute atomic E-state index is 12.9. The molecular formula is C26H26N6O2. The predicted octanol–water partition coefficient (Wildman–Crippen LogP) is 4.44. The molecule has 0 atom stereocenters. The number of pyridine rings is 2. The summed E-state index contributed by atoms with van der Waals surface area (Å²) < 4.78 is 5.03. The van der Waals surface area contributed by atoms with Crippen LogP contribution < -0.4 is 10.6 Å². The Morgan fingerprint density at radius 1 is 1.15 bits per heavy atom. The van der Waals surface area contributed by atoms with Gasteiger partial charge in [-0.1, -0.05) is 6.07 Å². The Morgan fingerprint density at radius 2 is 1.94 bits per heavy atom. The van der Waals surface area contributed by atoms with Crippen LogP contribution in [-0.4, -0.2) is 36.1 Å². The minimum atomic E-state index is -0.802. The van der Waals surface area contributed by atoms with Gasteiger partial charge in [0.2, 0.25) is 0 Å². The van der Waals surface area contributed by atoms with Crippen LogP contribution in [0.1, 0.15) is 41.0 Å². The number of aromatic nitrogens is 2. The van der Waals surface area contributed by atoms with E-state index in [1.807, 2.05) is 25.1 Å². The summed E-state index contributed by atoms with van der Waals surface area (Å²) in [4.78, 5) is 21.5. The molecule has 3 rings (SSSR count). The van der Waals surface area contributed by atoms with Gasteiger partial charge in [0.05, 0.1) is 29.3 Å². The van der Waals surface area contributed by atoms with Crippen molar-refractivity contribution in [2.45, 2.75) is 26.2 Å². The standard InChI is InChI=1S/C26H26N6O2/c1-17-5-6-21(32-25(33)18-7-8-29-23(12-18)26(2,3)16-28)13-22(17)20-11-19(14-27)24(31-15-20)30-9-10-34-4/h5-8,11-13,15H,9-10H2,1-4H3,(H,30,31)(H,32,33). The van der Waals surface area contributed by atoms with Crippen molar-refractivity contribution in [3.8, 4) is 23.3 Å². The molecule has 8 nitrogen and oxygen atoms in total. The number of ether oxygens (including phenoxy) is 1. The van der Waals surface area contributed by atoms with Crippen LogP contribution in [0.2, 0.25) is 0 Å². The van der Waals surface area contributed by atoms with Gasteiger partial charge in [0.1, 0.15) is 11.9 Å². The third-order valence-electron chi connectivity index (χ3n) is 5.36. The number of nitriles is 2. The zero-order valence-electron chi connectivity index (χ0n) is 19.6. The Bertz CT molecular complexity index is 1290. The summed E-state index contributed by atoms with van der Waals surface area (Å²) in [6.07, 6.45) is 3.23. The summed E-state index contributed by atoms with van der Waals surface area (Å²) in [6.45, 7) is 6.51. The van der Waals surface area contributed by atoms with Crippen LogP contribution >= 0.6 is 0 Å². The second-order valence-electron chi connectivity index (χ2n) is 8.30. The van der Waals surface area contributed by atoms with Gasteiger partial charge in [0.15, 0.2) is 0 Å². The van der Waals surface area contributed by atoms with E-state index in [1.165, 1.54) is 6.20 Å². The molecule has 0 saturated carbocycles. The van der Waals surface area contributed by atoms with E-state index in [0.29, 0.717) is 41.5 Å². The molecule has 8 heteroatoms. The molecule has 172 valence electrons. The van der Waals surface area contributed by atoms with E-state index >= 15 is 0 Å². The molecule has 2 N–H and O–H groups in total. The molecule has 0 saturated heterocycles. The second kappa shape index (κ2) is 10.6. The molecule has 0 radical (unpaired) electrons. The Balaban J connectivity index is 1.86. The van der Waals surface area contributed by atoms with Crippen molar-refractivity contribution < 1.29 is 9.53 Å². The molecule has 34 heavy (non-hydrogen) atoms.